The second-order valence-electron chi connectivity index (χ2n) is 3.91. The Hall–Kier alpha value is -2.08. The van der Waals surface area contributed by atoms with E-state index in [-0.39, 0.29) is 11.5 Å². The molecule has 0 atom stereocenters. The number of rotatable bonds is 2. The van der Waals surface area contributed by atoms with Crippen molar-refractivity contribution >= 4 is 32.4 Å². The lowest BCUT2D eigenvalue weighted by molar-refractivity contribution is 0.584. The first-order chi connectivity index (χ1) is 9.10. The fraction of sp³-hybridized carbons (Fsp3) is 0. The molecule has 19 heavy (non-hydrogen) atoms. The first kappa shape index (κ1) is 12.0. The third-order valence-corrected chi connectivity index (χ3v) is 3.40. The van der Waals surface area contributed by atoms with E-state index in [4.69, 9.17) is 0 Å². The molecular formula is C13H7F3N2S. The molecule has 0 spiro atoms. The number of aromatic nitrogens is 1. The SMILES string of the molecule is Fc1cc(F)cc(Nc2nc3ccc(F)cc3s2)c1. The standard InChI is InChI=1S/C13H7F3N2S/c14-7-1-2-11-12(6-7)19-13(18-11)17-10-4-8(15)3-9(16)5-10/h1-6H,(H,17,18). The van der Waals surface area contributed by atoms with Gasteiger partial charge in [-0.1, -0.05) is 11.3 Å². The number of hydrogen-bond donors (Lipinski definition) is 1. The molecule has 0 saturated heterocycles. The number of nitrogens with zero attached hydrogens (tertiary/aromatic N) is 1. The van der Waals surface area contributed by atoms with Crippen molar-refractivity contribution in [2.45, 2.75) is 0 Å². The molecule has 0 aliphatic carbocycles. The van der Waals surface area contributed by atoms with Crippen molar-refractivity contribution in [2.75, 3.05) is 5.32 Å². The summed E-state index contributed by atoms with van der Waals surface area (Å²) in [5.41, 5.74) is 0.891. The van der Waals surface area contributed by atoms with Crippen molar-refractivity contribution in [1.29, 1.82) is 0 Å². The maximum absolute atomic E-state index is 13.0. The number of fused-ring (bicyclic) bond motifs is 1. The molecule has 0 unspecified atom stereocenters. The molecule has 3 rings (SSSR count). The summed E-state index contributed by atoms with van der Waals surface area (Å²) in [6.45, 7) is 0. The number of hydrogen-bond acceptors (Lipinski definition) is 3. The molecule has 0 saturated carbocycles. The van der Waals surface area contributed by atoms with E-state index >= 15 is 0 Å². The van der Waals surface area contributed by atoms with Gasteiger partial charge in [0.15, 0.2) is 5.13 Å². The molecule has 0 aliphatic heterocycles. The zero-order valence-corrected chi connectivity index (χ0v) is 10.3. The molecule has 0 bridgehead atoms. The van der Waals surface area contributed by atoms with Crippen LogP contribution >= 0.6 is 11.3 Å². The Morgan fingerprint density at radius 2 is 1.63 bits per heavy atom. The number of halogens is 3. The molecule has 0 amide bonds. The third-order valence-electron chi connectivity index (χ3n) is 2.46. The Kier molecular flexibility index (Phi) is 2.87. The molecular weight excluding hydrogens is 273 g/mol. The molecule has 96 valence electrons. The van der Waals surface area contributed by atoms with Crippen LogP contribution < -0.4 is 5.32 Å². The zero-order valence-electron chi connectivity index (χ0n) is 9.45. The molecule has 1 N–H and O–H groups in total. The van der Waals surface area contributed by atoms with Crippen LogP contribution in [-0.2, 0) is 0 Å². The highest BCUT2D eigenvalue weighted by atomic mass is 32.1. The van der Waals surface area contributed by atoms with Crippen molar-refractivity contribution in [3.05, 3.63) is 53.8 Å². The van der Waals surface area contributed by atoms with Gasteiger partial charge in [-0.15, -0.1) is 0 Å². The fourth-order valence-electron chi connectivity index (χ4n) is 1.70. The first-order valence-corrected chi connectivity index (χ1v) is 6.21. The highest BCUT2D eigenvalue weighted by Crippen LogP contribution is 2.29. The van der Waals surface area contributed by atoms with E-state index in [1.165, 1.54) is 23.5 Å². The minimum atomic E-state index is -0.672. The van der Waals surface area contributed by atoms with Gasteiger partial charge in [0.05, 0.1) is 10.2 Å². The van der Waals surface area contributed by atoms with Crippen LogP contribution in [-0.4, -0.2) is 4.98 Å². The van der Waals surface area contributed by atoms with Gasteiger partial charge in [0, 0.05) is 11.8 Å². The molecule has 3 aromatic rings. The minimum absolute atomic E-state index is 0.261. The summed E-state index contributed by atoms with van der Waals surface area (Å²) in [5.74, 6) is -1.69. The average molecular weight is 280 g/mol. The van der Waals surface area contributed by atoms with Gasteiger partial charge in [0.1, 0.15) is 17.5 Å². The third kappa shape index (κ3) is 2.53. The predicted octanol–water partition coefficient (Wildman–Crippen LogP) is 4.46. The van der Waals surface area contributed by atoms with Crippen LogP contribution in [0, 0.1) is 17.5 Å². The molecule has 1 aromatic heterocycles. The quantitative estimate of drug-likeness (QED) is 0.749. The maximum Gasteiger partial charge on any atom is 0.188 e. The molecule has 0 radical (unpaired) electrons. The van der Waals surface area contributed by atoms with Crippen molar-refractivity contribution in [3.63, 3.8) is 0 Å². The summed E-state index contributed by atoms with van der Waals surface area (Å²) >= 11 is 1.21. The Labute approximate surface area is 110 Å². The van der Waals surface area contributed by atoms with Gasteiger partial charge in [-0.25, -0.2) is 18.2 Å². The summed E-state index contributed by atoms with van der Waals surface area (Å²) in [5, 5.41) is 3.25. The van der Waals surface area contributed by atoms with E-state index in [2.05, 4.69) is 10.3 Å². The lowest BCUT2D eigenvalue weighted by Gasteiger charge is -2.02. The Balaban J connectivity index is 1.96. The molecule has 0 aliphatic rings. The van der Waals surface area contributed by atoms with Crippen LogP contribution in [0.4, 0.5) is 24.0 Å². The summed E-state index contributed by atoms with van der Waals surface area (Å²) in [4.78, 5) is 4.20. The lowest BCUT2D eigenvalue weighted by atomic mass is 10.3. The number of nitrogens with one attached hydrogen (secondary N) is 1. The summed E-state index contributed by atoms with van der Waals surface area (Å²) in [6.07, 6.45) is 0. The zero-order chi connectivity index (χ0) is 13.4. The van der Waals surface area contributed by atoms with Gasteiger partial charge in [-0.2, -0.15) is 0 Å². The number of thiazole rings is 1. The highest BCUT2D eigenvalue weighted by molar-refractivity contribution is 7.22. The second kappa shape index (κ2) is 4.55. The largest absolute Gasteiger partial charge is 0.331 e. The van der Waals surface area contributed by atoms with Crippen LogP contribution in [0.5, 0.6) is 0 Å². The monoisotopic (exact) mass is 280 g/mol. The van der Waals surface area contributed by atoms with Crippen molar-refractivity contribution < 1.29 is 13.2 Å². The van der Waals surface area contributed by atoms with Gasteiger partial charge in [-0.05, 0) is 30.3 Å². The number of benzene rings is 2. The van der Waals surface area contributed by atoms with Gasteiger partial charge in [0.2, 0.25) is 0 Å². The Morgan fingerprint density at radius 3 is 2.37 bits per heavy atom. The van der Waals surface area contributed by atoms with Crippen molar-refractivity contribution in [2.24, 2.45) is 0 Å². The second-order valence-corrected chi connectivity index (χ2v) is 4.94. The average Bonchev–Trinajstić information content (AvgIpc) is 2.68. The van der Waals surface area contributed by atoms with E-state index < -0.39 is 11.6 Å². The van der Waals surface area contributed by atoms with Crippen LogP contribution in [0.1, 0.15) is 0 Å². The van der Waals surface area contributed by atoms with E-state index in [0.717, 1.165) is 18.2 Å². The Bertz CT molecular complexity index is 734. The van der Waals surface area contributed by atoms with Crippen molar-refractivity contribution in [3.8, 4) is 0 Å². The summed E-state index contributed by atoms with van der Waals surface area (Å²) in [6, 6.07) is 7.35. The predicted molar refractivity (Wildman–Crippen MR) is 69.2 cm³/mol. The van der Waals surface area contributed by atoms with Gasteiger partial charge in [-0.3, -0.25) is 0 Å². The fourth-order valence-corrected chi connectivity index (χ4v) is 2.61. The summed E-state index contributed by atoms with van der Waals surface area (Å²) in [7, 11) is 0. The lowest BCUT2D eigenvalue weighted by Crippen LogP contribution is -1.91. The van der Waals surface area contributed by atoms with Gasteiger partial charge >= 0.3 is 0 Å². The normalized spacial score (nSPS) is 10.9. The van der Waals surface area contributed by atoms with Gasteiger partial charge in [0.25, 0.3) is 0 Å². The van der Waals surface area contributed by atoms with Crippen LogP contribution in [0.15, 0.2) is 36.4 Å². The Morgan fingerprint density at radius 1 is 0.895 bits per heavy atom. The van der Waals surface area contributed by atoms with Crippen LogP contribution in [0.25, 0.3) is 10.2 Å². The molecule has 1 heterocycles. The molecule has 0 fully saturated rings. The number of anilines is 2. The molecule has 6 heteroatoms. The topological polar surface area (TPSA) is 24.9 Å². The summed E-state index contributed by atoms with van der Waals surface area (Å²) < 4.78 is 39.8. The maximum atomic E-state index is 13.0. The van der Waals surface area contributed by atoms with E-state index in [9.17, 15) is 13.2 Å². The molecule has 2 aromatic carbocycles. The van der Waals surface area contributed by atoms with Gasteiger partial charge < -0.3 is 5.32 Å². The first-order valence-electron chi connectivity index (χ1n) is 5.39. The van der Waals surface area contributed by atoms with E-state index in [0.29, 0.717) is 15.3 Å². The smallest absolute Gasteiger partial charge is 0.188 e. The van der Waals surface area contributed by atoms with E-state index in [1.54, 1.807) is 6.07 Å². The minimum Gasteiger partial charge on any atom is -0.331 e. The molecule has 2 nitrogen and oxygen atoms in total. The van der Waals surface area contributed by atoms with Crippen molar-refractivity contribution in [1.82, 2.24) is 4.98 Å². The van der Waals surface area contributed by atoms with Crippen LogP contribution in [0.3, 0.4) is 0 Å². The highest BCUT2D eigenvalue weighted by Gasteiger charge is 2.06. The van der Waals surface area contributed by atoms with E-state index in [1.807, 2.05) is 0 Å². The van der Waals surface area contributed by atoms with Crippen LogP contribution in [0.2, 0.25) is 0 Å².